The van der Waals surface area contributed by atoms with E-state index in [1.165, 1.54) is 0 Å². The van der Waals surface area contributed by atoms with E-state index in [2.05, 4.69) is 0 Å². The first-order valence-electron chi connectivity index (χ1n) is 2.75. The Labute approximate surface area is 59.8 Å². The van der Waals surface area contributed by atoms with Gasteiger partial charge in [0.1, 0.15) is 11.5 Å². The lowest BCUT2D eigenvalue weighted by molar-refractivity contribution is -0.102. The van der Waals surface area contributed by atoms with Gasteiger partial charge < -0.3 is 4.55 Å². The van der Waals surface area contributed by atoms with Crippen LogP contribution in [0.5, 0.6) is 0 Å². The molecule has 1 rings (SSSR count). The van der Waals surface area contributed by atoms with Crippen LogP contribution in [-0.2, 0) is 11.2 Å². The van der Waals surface area contributed by atoms with E-state index in [1.807, 2.05) is 0 Å². The highest BCUT2D eigenvalue weighted by molar-refractivity contribution is 7.92. The molecule has 1 aliphatic heterocycles. The van der Waals surface area contributed by atoms with Crippen LogP contribution >= 0.6 is 0 Å². The molecular weight excluding hydrogens is 165 g/mol. The van der Waals surface area contributed by atoms with Gasteiger partial charge in [-0.3, -0.25) is 0 Å². The summed E-state index contributed by atoms with van der Waals surface area (Å²) in [5.74, 6) is -0.139. The van der Waals surface area contributed by atoms with Gasteiger partial charge >= 0.3 is 6.18 Å². The molecule has 0 N–H and O–H groups in total. The second kappa shape index (κ2) is 2.62. The zero-order valence-electron chi connectivity index (χ0n) is 5.02. The quantitative estimate of drug-likeness (QED) is 0.542. The van der Waals surface area contributed by atoms with Gasteiger partial charge in [-0.15, -0.1) is 0 Å². The van der Waals surface area contributed by atoms with Gasteiger partial charge in [0.05, 0.1) is 12.3 Å². The Bertz CT molecular complexity index is 119. The van der Waals surface area contributed by atoms with Crippen molar-refractivity contribution in [3.8, 4) is 0 Å². The Morgan fingerprint density at radius 1 is 1.40 bits per heavy atom. The Morgan fingerprint density at radius 3 is 2.20 bits per heavy atom. The minimum atomic E-state index is -4.20. The highest BCUT2D eigenvalue weighted by Crippen LogP contribution is 2.30. The van der Waals surface area contributed by atoms with Crippen LogP contribution in [0.25, 0.3) is 0 Å². The molecule has 1 radical (unpaired) electrons. The largest absolute Gasteiger partial charge is 0.616 e. The molecule has 0 unspecified atom stereocenters. The molecule has 1 fully saturated rings. The lowest BCUT2D eigenvalue weighted by Gasteiger charge is -2.28. The molecule has 0 saturated carbocycles. The molecule has 0 aliphatic carbocycles. The monoisotopic (exact) mass is 171 g/mol. The first-order valence-corrected chi connectivity index (χ1v) is 4.24. The summed E-state index contributed by atoms with van der Waals surface area (Å²) in [4.78, 5) is 0. The van der Waals surface area contributed by atoms with Crippen molar-refractivity contribution in [2.45, 2.75) is 6.18 Å². The number of hydrogen-bond acceptors (Lipinski definition) is 1. The third kappa shape index (κ3) is 2.38. The van der Waals surface area contributed by atoms with E-state index in [0.717, 1.165) is 0 Å². The smallest absolute Gasteiger partial charge is 0.393 e. The van der Waals surface area contributed by atoms with Gasteiger partial charge in [0, 0.05) is 0 Å². The minimum absolute atomic E-state index is 0.180. The maximum Gasteiger partial charge on any atom is 0.393 e. The zero-order valence-corrected chi connectivity index (χ0v) is 5.84. The SMILES string of the molecule is [O-][S+]1CC([CH]C(F)(F)F)C1. The molecule has 0 aromatic carbocycles. The first kappa shape index (κ1) is 8.20. The normalized spacial score (nSPS) is 33.6. The standard InChI is InChI=1S/C5H6F3OS/c6-5(7,8)1-4-2-10(9)3-4/h1,4H,2-3H2. The third-order valence-electron chi connectivity index (χ3n) is 1.22. The fourth-order valence-corrected chi connectivity index (χ4v) is 1.84. The van der Waals surface area contributed by atoms with Crippen molar-refractivity contribution in [2.75, 3.05) is 11.5 Å². The van der Waals surface area contributed by atoms with Crippen LogP contribution in [0.4, 0.5) is 13.2 Å². The Balaban J connectivity index is 2.16. The molecule has 0 spiro atoms. The molecule has 10 heavy (non-hydrogen) atoms. The van der Waals surface area contributed by atoms with E-state index in [-0.39, 0.29) is 11.5 Å². The molecule has 1 heterocycles. The van der Waals surface area contributed by atoms with Gasteiger partial charge in [-0.25, -0.2) is 0 Å². The second-order valence-corrected chi connectivity index (χ2v) is 3.79. The van der Waals surface area contributed by atoms with Gasteiger partial charge in [0.2, 0.25) is 0 Å². The van der Waals surface area contributed by atoms with Crippen LogP contribution in [0.15, 0.2) is 0 Å². The van der Waals surface area contributed by atoms with Crippen molar-refractivity contribution in [2.24, 2.45) is 5.92 Å². The summed E-state index contributed by atoms with van der Waals surface area (Å²) in [5.41, 5.74) is 0. The van der Waals surface area contributed by atoms with Crippen molar-refractivity contribution < 1.29 is 17.7 Å². The molecule has 0 aromatic rings. The summed E-state index contributed by atoms with van der Waals surface area (Å²) in [6.07, 6.45) is -3.89. The molecule has 0 bridgehead atoms. The minimum Gasteiger partial charge on any atom is -0.616 e. The number of halogens is 3. The van der Waals surface area contributed by atoms with Crippen LogP contribution < -0.4 is 0 Å². The van der Waals surface area contributed by atoms with E-state index >= 15 is 0 Å². The van der Waals surface area contributed by atoms with Crippen molar-refractivity contribution in [3.05, 3.63) is 6.42 Å². The molecule has 1 aliphatic rings. The van der Waals surface area contributed by atoms with Crippen LogP contribution in [0.1, 0.15) is 0 Å². The Morgan fingerprint density at radius 2 is 1.90 bits per heavy atom. The third-order valence-corrected chi connectivity index (χ3v) is 2.82. The van der Waals surface area contributed by atoms with Crippen LogP contribution in [0.3, 0.4) is 0 Å². The van der Waals surface area contributed by atoms with E-state index in [0.29, 0.717) is 6.42 Å². The van der Waals surface area contributed by atoms with E-state index < -0.39 is 23.3 Å². The van der Waals surface area contributed by atoms with Gasteiger partial charge in [0.25, 0.3) is 0 Å². The maximum absolute atomic E-state index is 11.5. The highest BCUT2D eigenvalue weighted by atomic mass is 32.2. The van der Waals surface area contributed by atoms with Gasteiger partial charge in [0.15, 0.2) is 0 Å². The van der Waals surface area contributed by atoms with Crippen LogP contribution in [-0.4, -0.2) is 22.2 Å². The predicted molar refractivity (Wildman–Crippen MR) is 31.7 cm³/mol. The highest BCUT2D eigenvalue weighted by Gasteiger charge is 2.41. The van der Waals surface area contributed by atoms with Crippen molar-refractivity contribution in [1.82, 2.24) is 0 Å². The predicted octanol–water partition coefficient (Wildman–Crippen LogP) is 1.13. The average Bonchev–Trinajstić information content (AvgIpc) is 1.57. The van der Waals surface area contributed by atoms with Gasteiger partial charge in [-0.1, -0.05) is 11.2 Å². The summed E-state index contributed by atoms with van der Waals surface area (Å²) >= 11 is -0.988. The van der Waals surface area contributed by atoms with E-state index in [1.54, 1.807) is 0 Å². The summed E-state index contributed by atoms with van der Waals surface area (Å²) in [5, 5.41) is 0. The molecule has 1 nitrogen and oxygen atoms in total. The Kier molecular flexibility index (Phi) is 2.15. The summed E-state index contributed by atoms with van der Waals surface area (Å²) < 4.78 is 44.8. The Hall–Kier alpha value is 0.100. The number of rotatable bonds is 1. The fraction of sp³-hybridized carbons (Fsp3) is 0.800. The molecule has 0 atom stereocenters. The topological polar surface area (TPSA) is 23.1 Å². The van der Waals surface area contributed by atoms with Crippen molar-refractivity contribution in [1.29, 1.82) is 0 Å². The van der Waals surface area contributed by atoms with E-state index in [9.17, 15) is 17.7 Å². The lowest BCUT2D eigenvalue weighted by Crippen LogP contribution is -2.39. The van der Waals surface area contributed by atoms with Gasteiger partial charge in [-0.2, -0.15) is 13.2 Å². The molecule has 0 amide bonds. The summed E-state index contributed by atoms with van der Waals surface area (Å²) in [7, 11) is 0. The lowest BCUT2D eigenvalue weighted by atomic mass is 10.1. The van der Waals surface area contributed by atoms with Crippen LogP contribution in [0, 0.1) is 12.3 Å². The first-order chi connectivity index (χ1) is 4.47. The zero-order chi connectivity index (χ0) is 7.78. The number of alkyl halides is 3. The van der Waals surface area contributed by atoms with Crippen molar-refractivity contribution in [3.63, 3.8) is 0 Å². The summed E-state index contributed by atoms with van der Waals surface area (Å²) in [6, 6.07) is 0. The van der Waals surface area contributed by atoms with Crippen molar-refractivity contribution >= 4 is 11.2 Å². The maximum atomic E-state index is 11.5. The average molecular weight is 171 g/mol. The molecular formula is C5H6F3OS. The van der Waals surface area contributed by atoms with Gasteiger partial charge in [-0.05, 0) is 0 Å². The summed E-state index contributed by atoms with van der Waals surface area (Å²) in [6.45, 7) is 0. The molecule has 59 valence electrons. The van der Waals surface area contributed by atoms with Crippen LogP contribution in [0.2, 0.25) is 0 Å². The molecule has 5 heteroatoms. The molecule has 1 saturated heterocycles. The second-order valence-electron chi connectivity index (χ2n) is 2.24. The van der Waals surface area contributed by atoms with E-state index in [4.69, 9.17) is 0 Å². The molecule has 0 aromatic heterocycles. The number of hydrogen-bond donors (Lipinski definition) is 0. The fourth-order valence-electron chi connectivity index (χ4n) is 0.792.